The molecule has 0 amide bonds. The molecule has 3 nitrogen and oxygen atoms in total. The van der Waals surface area contributed by atoms with Gasteiger partial charge in [-0.3, -0.25) is 0 Å². The summed E-state index contributed by atoms with van der Waals surface area (Å²) in [5.41, 5.74) is 1.06. The number of benzene rings is 2. The summed E-state index contributed by atoms with van der Waals surface area (Å²) in [6.45, 7) is 2.38. The Kier molecular flexibility index (Phi) is 4.81. The van der Waals surface area contributed by atoms with E-state index in [9.17, 15) is 5.11 Å². The van der Waals surface area contributed by atoms with Gasteiger partial charge in [0.1, 0.15) is 18.1 Å². The Labute approximate surface area is 113 Å². The highest BCUT2D eigenvalue weighted by molar-refractivity contribution is 5.28. The Morgan fingerprint density at radius 1 is 0.947 bits per heavy atom. The van der Waals surface area contributed by atoms with Crippen LogP contribution in [0.5, 0.6) is 11.5 Å². The van der Waals surface area contributed by atoms with Gasteiger partial charge >= 0.3 is 0 Å². The number of ether oxygens (including phenoxy) is 2. The number of aliphatic hydroxyl groups excluding tert-OH is 1. The summed E-state index contributed by atoms with van der Waals surface area (Å²) < 4.78 is 10.9. The molecule has 1 atom stereocenters. The van der Waals surface area contributed by atoms with Crippen molar-refractivity contribution in [2.24, 2.45) is 0 Å². The summed E-state index contributed by atoms with van der Waals surface area (Å²) in [7, 11) is 0. The normalized spacial score (nSPS) is 11.9. The molecule has 1 unspecified atom stereocenters. The molecule has 100 valence electrons. The minimum atomic E-state index is -0.744. The molecule has 0 aromatic heterocycles. The standard InChI is InChI=1S/C16H18O3/c1-2-16(17)19-15-10-8-13(9-11-15)12-18-14-6-4-3-5-7-14/h3-11,16-17H,2,12H2,1H3. The molecule has 0 radical (unpaired) electrons. The Morgan fingerprint density at radius 2 is 1.63 bits per heavy atom. The summed E-state index contributed by atoms with van der Waals surface area (Å²) in [4.78, 5) is 0. The quantitative estimate of drug-likeness (QED) is 0.807. The molecular formula is C16H18O3. The third-order valence-electron chi connectivity index (χ3n) is 2.69. The van der Waals surface area contributed by atoms with Gasteiger partial charge < -0.3 is 14.6 Å². The van der Waals surface area contributed by atoms with Gasteiger partial charge in [-0.1, -0.05) is 37.3 Å². The van der Waals surface area contributed by atoms with Crippen molar-refractivity contribution in [1.82, 2.24) is 0 Å². The van der Waals surface area contributed by atoms with E-state index in [4.69, 9.17) is 9.47 Å². The van der Waals surface area contributed by atoms with Crippen LogP contribution in [0.15, 0.2) is 54.6 Å². The zero-order chi connectivity index (χ0) is 13.5. The van der Waals surface area contributed by atoms with Crippen LogP contribution < -0.4 is 9.47 Å². The van der Waals surface area contributed by atoms with Crippen LogP contribution in [0.2, 0.25) is 0 Å². The number of aliphatic hydroxyl groups is 1. The molecule has 3 heteroatoms. The molecule has 0 saturated heterocycles. The fraction of sp³-hybridized carbons (Fsp3) is 0.250. The van der Waals surface area contributed by atoms with Crippen LogP contribution in [0.3, 0.4) is 0 Å². The van der Waals surface area contributed by atoms with Crippen LogP contribution in [0.1, 0.15) is 18.9 Å². The largest absolute Gasteiger partial charge is 0.489 e. The average Bonchev–Trinajstić information content (AvgIpc) is 2.47. The fourth-order valence-electron chi connectivity index (χ4n) is 1.59. The minimum absolute atomic E-state index is 0.515. The Hall–Kier alpha value is -2.00. The average molecular weight is 258 g/mol. The van der Waals surface area contributed by atoms with Crippen molar-refractivity contribution in [3.63, 3.8) is 0 Å². The van der Waals surface area contributed by atoms with Gasteiger partial charge in [0.25, 0.3) is 0 Å². The number of hydrogen-bond donors (Lipinski definition) is 1. The predicted octanol–water partition coefficient (Wildman–Crippen LogP) is 3.37. The lowest BCUT2D eigenvalue weighted by Gasteiger charge is -2.12. The fourth-order valence-corrected chi connectivity index (χ4v) is 1.59. The first-order valence-electron chi connectivity index (χ1n) is 6.39. The first-order chi connectivity index (χ1) is 9.28. The Morgan fingerprint density at radius 3 is 2.26 bits per heavy atom. The van der Waals surface area contributed by atoms with Gasteiger partial charge in [0.05, 0.1) is 0 Å². The van der Waals surface area contributed by atoms with E-state index in [2.05, 4.69) is 0 Å². The van der Waals surface area contributed by atoms with Crippen LogP contribution >= 0.6 is 0 Å². The molecule has 2 aromatic rings. The molecule has 0 spiro atoms. The topological polar surface area (TPSA) is 38.7 Å². The third-order valence-corrected chi connectivity index (χ3v) is 2.69. The third kappa shape index (κ3) is 4.30. The molecular weight excluding hydrogens is 240 g/mol. The molecule has 0 aliphatic heterocycles. The lowest BCUT2D eigenvalue weighted by molar-refractivity contribution is -0.0191. The lowest BCUT2D eigenvalue weighted by atomic mass is 10.2. The van der Waals surface area contributed by atoms with Crippen molar-refractivity contribution >= 4 is 0 Å². The summed E-state index contributed by atoms with van der Waals surface area (Å²) >= 11 is 0. The highest BCUT2D eigenvalue weighted by atomic mass is 16.6. The van der Waals surface area contributed by atoms with E-state index in [0.717, 1.165) is 11.3 Å². The molecule has 1 N–H and O–H groups in total. The van der Waals surface area contributed by atoms with Crippen molar-refractivity contribution in [3.05, 3.63) is 60.2 Å². The van der Waals surface area contributed by atoms with Crippen molar-refractivity contribution in [2.75, 3.05) is 0 Å². The Balaban J connectivity index is 1.88. The molecule has 0 heterocycles. The summed E-state index contributed by atoms with van der Waals surface area (Å²) in [5, 5.41) is 9.39. The van der Waals surface area contributed by atoms with Gasteiger partial charge in [0, 0.05) is 6.42 Å². The predicted molar refractivity (Wildman–Crippen MR) is 74.1 cm³/mol. The molecule has 0 saturated carbocycles. The van der Waals surface area contributed by atoms with Crippen LogP contribution in [0, 0.1) is 0 Å². The van der Waals surface area contributed by atoms with E-state index in [1.54, 1.807) is 0 Å². The molecule has 0 aliphatic rings. The van der Waals surface area contributed by atoms with Crippen LogP contribution in [-0.2, 0) is 6.61 Å². The van der Waals surface area contributed by atoms with Crippen molar-refractivity contribution in [3.8, 4) is 11.5 Å². The first-order valence-corrected chi connectivity index (χ1v) is 6.39. The maximum atomic E-state index is 9.39. The van der Waals surface area contributed by atoms with E-state index >= 15 is 0 Å². The number of hydrogen-bond acceptors (Lipinski definition) is 3. The van der Waals surface area contributed by atoms with Gasteiger partial charge in [-0.05, 0) is 29.8 Å². The second kappa shape index (κ2) is 6.81. The summed E-state index contributed by atoms with van der Waals surface area (Å²) in [6, 6.07) is 17.2. The molecule has 0 fully saturated rings. The van der Waals surface area contributed by atoms with E-state index < -0.39 is 6.29 Å². The van der Waals surface area contributed by atoms with Crippen LogP contribution in [0.4, 0.5) is 0 Å². The molecule has 0 bridgehead atoms. The van der Waals surface area contributed by atoms with E-state index in [0.29, 0.717) is 18.8 Å². The molecule has 2 rings (SSSR count). The van der Waals surface area contributed by atoms with Crippen molar-refractivity contribution < 1.29 is 14.6 Å². The van der Waals surface area contributed by atoms with Crippen molar-refractivity contribution in [1.29, 1.82) is 0 Å². The second-order valence-corrected chi connectivity index (χ2v) is 4.23. The monoisotopic (exact) mass is 258 g/mol. The summed E-state index contributed by atoms with van der Waals surface area (Å²) in [6.07, 6.45) is -0.176. The van der Waals surface area contributed by atoms with E-state index in [-0.39, 0.29) is 0 Å². The zero-order valence-corrected chi connectivity index (χ0v) is 11.0. The second-order valence-electron chi connectivity index (χ2n) is 4.23. The van der Waals surface area contributed by atoms with Crippen LogP contribution in [-0.4, -0.2) is 11.4 Å². The number of rotatable bonds is 6. The minimum Gasteiger partial charge on any atom is -0.489 e. The molecule has 2 aromatic carbocycles. The summed E-state index contributed by atoms with van der Waals surface area (Å²) in [5.74, 6) is 1.52. The van der Waals surface area contributed by atoms with E-state index in [1.165, 1.54) is 0 Å². The molecule has 0 aliphatic carbocycles. The van der Waals surface area contributed by atoms with Gasteiger partial charge in [-0.15, -0.1) is 0 Å². The maximum absolute atomic E-state index is 9.39. The van der Waals surface area contributed by atoms with Gasteiger partial charge in [0.2, 0.25) is 0 Å². The van der Waals surface area contributed by atoms with Gasteiger partial charge in [-0.2, -0.15) is 0 Å². The highest BCUT2D eigenvalue weighted by Crippen LogP contribution is 2.16. The maximum Gasteiger partial charge on any atom is 0.197 e. The zero-order valence-electron chi connectivity index (χ0n) is 11.0. The lowest BCUT2D eigenvalue weighted by Crippen LogP contribution is -2.13. The Bertz CT molecular complexity index is 479. The first kappa shape index (κ1) is 13.4. The van der Waals surface area contributed by atoms with Crippen molar-refractivity contribution in [2.45, 2.75) is 26.2 Å². The SMILES string of the molecule is CCC(O)Oc1ccc(COc2ccccc2)cc1. The number of para-hydroxylation sites is 1. The van der Waals surface area contributed by atoms with E-state index in [1.807, 2.05) is 61.5 Å². The van der Waals surface area contributed by atoms with Crippen LogP contribution in [0.25, 0.3) is 0 Å². The highest BCUT2D eigenvalue weighted by Gasteiger charge is 2.02. The smallest absolute Gasteiger partial charge is 0.197 e. The molecule has 19 heavy (non-hydrogen) atoms. The van der Waals surface area contributed by atoms with Gasteiger partial charge in [-0.25, -0.2) is 0 Å². The van der Waals surface area contributed by atoms with Gasteiger partial charge in [0.15, 0.2) is 6.29 Å².